The van der Waals surface area contributed by atoms with Gasteiger partial charge in [-0.05, 0) is 48.1 Å². The Morgan fingerprint density at radius 3 is 2.16 bits per heavy atom. The van der Waals surface area contributed by atoms with Gasteiger partial charge >= 0.3 is 12.1 Å². The van der Waals surface area contributed by atoms with Crippen LogP contribution in [0.15, 0.2) is 79.0 Å². The van der Waals surface area contributed by atoms with E-state index in [1.807, 2.05) is 36.4 Å². The number of aromatic nitrogens is 1. The lowest BCUT2D eigenvalue weighted by Crippen LogP contribution is -2.19. The van der Waals surface area contributed by atoms with Crippen molar-refractivity contribution < 1.29 is 23.8 Å². The molecular formula is C30H26ClFN2O4. The van der Waals surface area contributed by atoms with Gasteiger partial charge < -0.3 is 14.4 Å². The van der Waals surface area contributed by atoms with E-state index in [0.717, 1.165) is 16.7 Å². The Labute approximate surface area is 224 Å². The molecule has 3 aromatic carbocycles. The Bertz CT molecular complexity index is 1510. The van der Waals surface area contributed by atoms with E-state index in [1.165, 1.54) is 10.8 Å². The van der Waals surface area contributed by atoms with E-state index in [0.29, 0.717) is 29.0 Å². The number of aryl methyl sites for hydroxylation is 1. The number of hydrogen-bond donors (Lipinski definition) is 2. The van der Waals surface area contributed by atoms with Crippen LogP contribution in [-0.4, -0.2) is 21.7 Å². The van der Waals surface area contributed by atoms with Crippen LogP contribution in [0.1, 0.15) is 37.0 Å². The van der Waals surface area contributed by atoms with Crippen molar-refractivity contribution in [2.75, 3.05) is 5.32 Å². The minimum atomic E-state index is -0.786. The summed E-state index contributed by atoms with van der Waals surface area (Å²) in [5.41, 5.74) is 3.38. The third-order valence-corrected chi connectivity index (χ3v) is 7.43. The zero-order chi connectivity index (χ0) is 27.0. The molecule has 1 unspecified atom stereocenters. The second kappa shape index (κ2) is 9.99. The third kappa shape index (κ3) is 4.77. The molecule has 1 aromatic heterocycles. The maximum Gasteiger partial charge on any atom is 0.413 e. The van der Waals surface area contributed by atoms with Crippen LogP contribution in [-0.2, 0) is 22.0 Å². The molecule has 0 spiro atoms. The molecule has 0 aliphatic heterocycles. The molecule has 1 heterocycles. The van der Waals surface area contributed by atoms with Gasteiger partial charge in [0.1, 0.15) is 11.9 Å². The fourth-order valence-electron chi connectivity index (χ4n) is 4.73. The van der Waals surface area contributed by atoms with Crippen LogP contribution in [0.3, 0.4) is 0 Å². The maximum absolute atomic E-state index is 15.0. The molecule has 1 saturated carbocycles. The van der Waals surface area contributed by atoms with Crippen molar-refractivity contribution in [2.45, 2.75) is 31.3 Å². The zero-order valence-electron chi connectivity index (χ0n) is 20.9. The molecule has 1 atom stereocenters. The number of carbonyl (C=O) groups excluding carboxylic acids is 1. The fourth-order valence-corrected chi connectivity index (χ4v) is 5.02. The van der Waals surface area contributed by atoms with Crippen molar-refractivity contribution in [2.24, 2.45) is 7.05 Å². The van der Waals surface area contributed by atoms with Gasteiger partial charge in [0.15, 0.2) is 5.82 Å². The number of carboxylic acids is 1. The lowest BCUT2D eigenvalue weighted by molar-refractivity contribution is -0.140. The molecule has 0 radical (unpaired) electrons. The molecule has 4 aromatic rings. The quantitative estimate of drug-likeness (QED) is 0.257. The summed E-state index contributed by atoms with van der Waals surface area (Å²) in [5, 5.41) is 12.7. The number of carboxylic acid groups (broad SMARTS) is 1. The van der Waals surface area contributed by atoms with Gasteiger partial charge in [0.05, 0.1) is 11.0 Å². The first kappa shape index (κ1) is 25.5. The van der Waals surface area contributed by atoms with Crippen LogP contribution in [0, 0.1) is 5.82 Å². The Hall–Kier alpha value is -4.10. The third-order valence-electron chi connectivity index (χ3n) is 7.09. The molecule has 1 aliphatic carbocycles. The van der Waals surface area contributed by atoms with E-state index in [-0.39, 0.29) is 11.4 Å². The van der Waals surface area contributed by atoms with Gasteiger partial charge in [0.25, 0.3) is 0 Å². The maximum atomic E-state index is 15.0. The topological polar surface area (TPSA) is 80.6 Å². The van der Waals surface area contributed by atoms with E-state index in [9.17, 15) is 19.1 Å². The number of anilines is 1. The lowest BCUT2D eigenvalue weighted by Gasteiger charge is -2.16. The number of carbonyl (C=O) groups is 2. The van der Waals surface area contributed by atoms with E-state index in [2.05, 4.69) is 5.32 Å². The summed E-state index contributed by atoms with van der Waals surface area (Å²) in [6, 6.07) is 21.9. The van der Waals surface area contributed by atoms with Crippen molar-refractivity contribution in [1.29, 1.82) is 0 Å². The second-order valence-corrected chi connectivity index (χ2v) is 9.95. The summed E-state index contributed by atoms with van der Waals surface area (Å²) < 4.78 is 22.0. The van der Waals surface area contributed by atoms with Gasteiger partial charge in [-0.15, -0.1) is 0 Å². The first-order chi connectivity index (χ1) is 18.2. The number of ether oxygens (including phenoxy) is 1. The SMILES string of the molecule is CC(OC(=O)Nc1c(-c2ccc(-c3ccc(C4(C(=O)O)CC4)cc3)cc2)c(F)cn1C)c1ccccc1Cl. The number of hydrogen-bond acceptors (Lipinski definition) is 3. The van der Waals surface area contributed by atoms with E-state index < -0.39 is 29.4 Å². The second-order valence-electron chi connectivity index (χ2n) is 9.55. The number of nitrogens with zero attached hydrogens (tertiary/aromatic N) is 1. The fraction of sp³-hybridized carbons (Fsp3) is 0.200. The molecule has 1 fully saturated rings. The summed E-state index contributed by atoms with van der Waals surface area (Å²) in [4.78, 5) is 24.3. The van der Waals surface area contributed by atoms with Gasteiger partial charge in [-0.25, -0.2) is 9.18 Å². The summed E-state index contributed by atoms with van der Waals surface area (Å²) in [6.45, 7) is 1.71. The van der Waals surface area contributed by atoms with Crippen molar-refractivity contribution in [3.05, 3.63) is 101 Å². The minimum absolute atomic E-state index is 0.244. The number of halogens is 2. The largest absolute Gasteiger partial charge is 0.481 e. The van der Waals surface area contributed by atoms with Crippen molar-refractivity contribution in [3.63, 3.8) is 0 Å². The van der Waals surface area contributed by atoms with Crippen LogP contribution in [0.25, 0.3) is 22.3 Å². The number of amides is 1. The standard InChI is InChI=1S/C30H26ClFN2O4/c1-18(23-5-3-4-6-24(23)31)38-29(37)33-27-26(25(32)17-34(27)2)21-9-7-19(8-10-21)20-11-13-22(14-12-20)30(15-16-30)28(35)36/h3-14,17-18H,15-16H2,1-2H3,(H,33,37)(H,35,36). The first-order valence-corrected chi connectivity index (χ1v) is 12.6. The summed E-state index contributed by atoms with van der Waals surface area (Å²) >= 11 is 6.21. The molecule has 2 N–H and O–H groups in total. The van der Waals surface area contributed by atoms with Crippen LogP contribution in [0.4, 0.5) is 15.0 Å². The molecule has 8 heteroatoms. The van der Waals surface area contributed by atoms with Gasteiger partial charge in [-0.2, -0.15) is 0 Å². The van der Waals surface area contributed by atoms with E-state index in [4.69, 9.17) is 16.3 Å². The Kier molecular flexibility index (Phi) is 6.71. The highest BCUT2D eigenvalue weighted by Gasteiger charge is 2.51. The van der Waals surface area contributed by atoms with Crippen molar-refractivity contribution in [1.82, 2.24) is 4.57 Å². The van der Waals surface area contributed by atoms with E-state index in [1.54, 1.807) is 50.4 Å². The highest BCUT2D eigenvalue weighted by Crippen LogP contribution is 2.48. The molecule has 194 valence electrons. The number of rotatable bonds is 7. The minimum Gasteiger partial charge on any atom is -0.481 e. The Morgan fingerprint density at radius 2 is 1.58 bits per heavy atom. The lowest BCUT2D eigenvalue weighted by atomic mass is 9.93. The predicted octanol–water partition coefficient (Wildman–Crippen LogP) is 7.58. The smallest absolute Gasteiger partial charge is 0.413 e. The van der Waals surface area contributed by atoms with Gasteiger partial charge in [-0.3, -0.25) is 10.1 Å². The predicted molar refractivity (Wildman–Crippen MR) is 145 cm³/mol. The molecule has 0 saturated heterocycles. The normalized spacial score (nSPS) is 14.5. The zero-order valence-corrected chi connectivity index (χ0v) is 21.6. The van der Waals surface area contributed by atoms with Gasteiger partial charge in [-0.1, -0.05) is 78.3 Å². The van der Waals surface area contributed by atoms with Crippen LogP contribution >= 0.6 is 11.6 Å². The van der Waals surface area contributed by atoms with Gasteiger partial charge in [0.2, 0.25) is 0 Å². The monoisotopic (exact) mass is 532 g/mol. The Balaban J connectivity index is 1.34. The average Bonchev–Trinajstić information content (AvgIpc) is 3.66. The molecule has 1 aliphatic rings. The molecule has 38 heavy (non-hydrogen) atoms. The van der Waals surface area contributed by atoms with E-state index >= 15 is 0 Å². The summed E-state index contributed by atoms with van der Waals surface area (Å²) in [7, 11) is 1.64. The summed E-state index contributed by atoms with van der Waals surface area (Å²) in [6.07, 6.45) is 1.27. The highest BCUT2D eigenvalue weighted by atomic mass is 35.5. The van der Waals surface area contributed by atoms with Gasteiger partial charge in [0, 0.05) is 23.8 Å². The molecule has 5 rings (SSSR count). The number of benzene rings is 3. The van der Waals surface area contributed by atoms with Crippen molar-refractivity contribution in [3.8, 4) is 22.3 Å². The summed E-state index contributed by atoms with van der Waals surface area (Å²) in [5.74, 6) is -1.01. The molecule has 6 nitrogen and oxygen atoms in total. The molecule has 1 amide bonds. The molecule has 0 bridgehead atoms. The number of nitrogens with one attached hydrogen (secondary N) is 1. The molecular weight excluding hydrogens is 507 g/mol. The number of aliphatic carboxylic acids is 1. The highest BCUT2D eigenvalue weighted by molar-refractivity contribution is 6.31. The average molecular weight is 533 g/mol. The Morgan fingerprint density at radius 1 is 1.00 bits per heavy atom. The van der Waals surface area contributed by atoms with Crippen molar-refractivity contribution >= 4 is 29.5 Å². The van der Waals surface area contributed by atoms with Crippen LogP contribution in [0.5, 0.6) is 0 Å². The first-order valence-electron chi connectivity index (χ1n) is 12.2. The van der Waals surface area contributed by atoms with Crippen LogP contribution in [0.2, 0.25) is 5.02 Å². The van der Waals surface area contributed by atoms with Crippen LogP contribution < -0.4 is 5.32 Å².